The van der Waals surface area contributed by atoms with Crippen LogP contribution in [0.4, 0.5) is 0 Å². The molecule has 0 heterocycles. The van der Waals surface area contributed by atoms with Crippen LogP contribution in [-0.2, 0) is 4.79 Å². The van der Waals surface area contributed by atoms with E-state index in [0.717, 1.165) is 5.56 Å². The maximum absolute atomic E-state index is 11.1. The Balaban J connectivity index is 2.78. The van der Waals surface area contributed by atoms with Gasteiger partial charge in [-0.3, -0.25) is 4.79 Å². The van der Waals surface area contributed by atoms with E-state index >= 15 is 0 Å². The largest absolute Gasteiger partial charge is 0.358 e. The summed E-state index contributed by atoms with van der Waals surface area (Å²) in [5, 5.41) is 2.49. The lowest BCUT2D eigenvalue weighted by atomic mass is 10.1. The highest BCUT2D eigenvalue weighted by Crippen LogP contribution is 2.08. The van der Waals surface area contributed by atoms with Crippen LogP contribution in [0.15, 0.2) is 24.3 Å². The van der Waals surface area contributed by atoms with Crippen LogP contribution in [0.1, 0.15) is 11.6 Å². The second-order valence-corrected chi connectivity index (χ2v) is 2.43. The van der Waals surface area contributed by atoms with Gasteiger partial charge < -0.3 is 11.1 Å². The molecule has 1 aromatic rings. The van der Waals surface area contributed by atoms with Crippen LogP contribution in [0, 0.1) is 6.07 Å². The summed E-state index contributed by atoms with van der Waals surface area (Å²) in [5.41, 5.74) is 6.42. The zero-order valence-corrected chi connectivity index (χ0v) is 6.87. The molecule has 1 rings (SSSR count). The van der Waals surface area contributed by atoms with Crippen LogP contribution < -0.4 is 11.1 Å². The lowest BCUT2D eigenvalue weighted by Gasteiger charge is -2.08. The van der Waals surface area contributed by atoms with Gasteiger partial charge in [0.05, 0.1) is 0 Å². The van der Waals surface area contributed by atoms with Crippen molar-refractivity contribution in [3.05, 3.63) is 35.9 Å². The van der Waals surface area contributed by atoms with E-state index in [-0.39, 0.29) is 5.91 Å². The molecule has 3 nitrogen and oxygen atoms in total. The van der Waals surface area contributed by atoms with Gasteiger partial charge >= 0.3 is 0 Å². The number of carbonyl (C=O) groups excluding carboxylic acids is 1. The lowest BCUT2D eigenvalue weighted by molar-refractivity contribution is -0.121. The van der Waals surface area contributed by atoms with Gasteiger partial charge in [0.2, 0.25) is 5.91 Å². The lowest BCUT2D eigenvalue weighted by Crippen LogP contribution is -2.31. The molecule has 1 aromatic carbocycles. The second kappa shape index (κ2) is 3.88. The molecule has 1 unspecified atom stereocenters. The zero-order chi connectivity index (χ0) is 8.97. The molecule has 63 valence electrons. The topological polar surface area (TPSA) is 55.1 Å². The summed E-state index contributed by atoms with van der Waals surface area (Å²) in [6.07, 6.45) is 0. The van der Waals surface area contributed by atoms with Crippen molar-refractivity contribution in [3.8, 4) is 0 Å². The van der Waals surface area contributed by atoms with Crippen LogP contribution in [0.5, 0.6) is 0 Å². The number of hydrogen-bond donors (Lipinski definition) is 2. The molecule has 0 spiro atoms. The van der Waals surface area contributed by atoms with E-state index in [0.29, 0.717) is 0 Å². The van der Waals surface area contributed by atoms with E-state index in [1.807, 2.05) is 0 Å². The van der Waals surface area contributed by atoms with Crippen LogP contribution >= 0.6 is 0 Å². The number of nitrogens with two attached hydrogens (primary N) is 1. The Hall–Kier alpha value is -1.35. The summed E-state index contributed by atoms with van der Waals surface area (Å²) in [7, 11) is 1.57. The van der Waals surface area contributed by atoms with Crippen molar-refractivity contribution in [2.75, 3.05) is 7.05 Å². The molecule has 0 aliphatic carbocycles. The Morgan fingerprint density at radius 3 is 2.67 bits per heavy atom. The SMILES string of the molecule is CNC(=O)C(N)c1cc[c]cc1. The van der Waals surface area contributed by atoms with E-state index in [9.17, 15) is 4.79 Å². The number of likely N-dealkylation sites (N-methyl/N-ethyl adjacent to an activating group) is 1. The van der Waals surface area contributed by atoms with E-state index in [1.54, 1.807) is 31.3 Å². The molecule has 0 bridgehead atoms. The zero-order valence-electron chi connectivity index (χ0n) is 6.87. The molecule has 0 aromatic heterocycles. The van der Waals surface area contributed by atoms with Gasteiger partial charge in [-0.2, -0.15) is 0 Å². The molecule has 12 heavy (non-hydrogen) atoms. The summed E-state index contributed by atoms with van der Waals surface area (Å²) in [4.78, 5) is 11.1. The number of carbonyl (C=O) groups is 1. The second-order valence-electron chi connectivity index (χ2n) is 2.43. The monoisotopic (exact) mass is 163 g/mol. The number of rotatable bonds is 2. The molecule has 0 saturated heterocycles. The molecule has 0 aliphatic heterocycles. The average Bonchev–Trinajstić information content (AvgIpc) is 2.17. The standard InChI is InChI=1S/C9H11N2O/c1-11-9(12)8(10)7-5-3-2-4-6-7/h3-6,8H,10H2,1H3,(H,11,12). The molecule has 0 fully saturated rings. The third-order valence-corrected chi connectivity index (χ3v) is 1.63. The Bertz CT molecular complexity index is 258. The maximum atomic E-state index is 11.1. The number of hydrogen-bond acceptors (Lipinski definition) is 2. The fraction of sp³-hybridized carbons (Fsp3) is 0.222. The number of benzene rings is 1. The minimum Gasteiger partial charge on any atom is -0.358 e. The summed E-state index contributed by atoms with van der Waals surface area (Å²) in [6, 6.07) is 9.30. The molecule has 1 atom stereocenters. The predicted octanol–water partition coefficient (Wildman–Crippen LogP) is 0.233. The Morgan fingerprint density at radius 1 is 1.58 bits per heavy atom. The van der Waals surface area contributed by atoms with E-state index in [2.05, 4.69) is 11.4 Å². The third-order valence-electron chi connectivity index (χ3n) is 1.63. The first-order valence-electron chi connectivity index (χ1n) is 3.69. The third kappa shape index (κ3) is 1.83. The van der Waals surface area contributed by atoms with Gasteiger partial charge in [0.15, 0.2) is 0 Å². The number of nitrogens with one attached hydrogen (secondary N) is 1. The van der Waals surface area contributed by atoms with Gasteiger partial charge in [-0.1, -0.05) is 24.3 Å². The number of amides is 1. The normalized spacial score (nSPS) is 12.2. The van der Waals surface area contributed by atoms with Crippen LogP contribution in [0.2, 0.25) is 0 Å². The van der Waals surface area contributed by atoms with Crippen LogP contribution in [0.25, 0.3) is 0 Å². The van der Waals surface area contributed by atoms with Gasteiger partial charge in [-0.15, -0.1) is 0 Å². The highest BCUT2D eigenvalue weighted by Gasteiger charge is 2.12. The van der Waals surface area contributed by atoms with Crippen molar-refractivity contribution in [3.63, 3.8) is 0 Å². The average molecular weight is 163 g/mol. The maximum Gasteiger partial charge on any atom is 0.241 e. The molecule has 1 amide bonds. The molecular weight excluding hydrogens is 152 g/mol. The summed E-state index contributed by atoms with van der Waals surface area (Å²) < 4.78 is 0. The first kappa shape index (κ1) is 8.74. The first-order valence-corrected chi connectivity index (χ1v) is 3.69. The van der Waals surface area contributed by atoms with Crippen molar-refractivity contribution in [1.82, 2.24) is 5.32 Å². The molecule has 3 heteroatoms. The molecule has 0 saturated carbocycles. The van der Waals surface area contributed by atoms with Gasteiger partial charge in [-0.05, 0) is 11.6 Å². The van der Waals surface area contributed by atoms with Gasteiger partial charge in [0, 0.05) is 7.05 Å². The summed E-state index contributed by atoms with van der Waals surface area (Å²) >= 11 is 0. The highest BCUT2D eigenvalue weighted by atomic mass is 16.2. The smallest absolute Gasteiger partial charge is 0.241 e. The predicted molar refractivity (Wildman–Crippen MR) is 46.3 cm³/mol. The molecule has 3 N–H and O–H groups in total. The van der Waals surface area contributed by atoms with Crippen LogP contribution in [-0.4, -0.2) is 13.0 Å². The van der Waals surface area contributed by atoms with Gasteiger partial charge in [0.25, 0.3) is 0 Å². The summed E-state index contributed by atoms with van der Waals surface area (Å²) in [5.74, 6) is -0.179. The fourth-order valence-corrected chi connectivity index (χ4v) is 0.914. The molecule has 1 radical (unpaired) electrons. The van der Waals surface area contributed by atoms with Crippen molar-refractivity contribution in [2.24, 2.45) is 5.73 Å². The Labute approximate surface area is 71.6 Å². The molecule has 0 aliphatic rings. The first-order chi connectivity index (χ1) is 5.75. The van der Waals surface area contributed by atoms with Crippen molar-refractivity contribution < 1.29 is 4.79 Å². The quantitative estimate of drug-likeness (QED) is 0.655. The van der Waals surface area contributed by atoms with E-state index in [1.165, 1.54) is 0 Å². The van der Waals surface area contributed by atoms with Crippen molar-refractivity contribution >= 4 is 5.91 Å². The van der Waals surface area contributed by atoms with E-state index in [4.69, 9.17) is 5.73 Å². The Kier molecular flexibility index (Phi) is 2.82. The highest BCUT2D eigenvalue weighted by molar-refractivity contribution is 5.82. The van der Waals surface area contributed by atoms with Crippen molar-refractivity contribution in [2.45, 2.75) is 6.04 Å². The van der Waals surface area contributed by atoms with Crippen LogP contribution in [0.3, 0.4) is 0 Å². The van der Waals surface area contributed by atoms with Crippen molar-refractivity contribution in [1.29, 1.82) is 0 Å². The summed E-state index contributed by atoms with van der Waals surface area (Å²) in [6.45, 7) is 0. The van der Waals surface area contributed by atoms with E-state index < -0.39 is 6.04 Å². The van der Waals surface area contributed by atoms with Gasteiger partial charge in [-0.25, -0.2) is 0 Å². The fourth-order valence-electron chi connectivity index (χ4n) is 0.914. The van der Waals surface area contributed by atoms with Gasteiger partial charge in [0.1, 0.15) is 6.04 Å². The minimum absolute atomic E-state index is 0.179. The molecular formula is C9H11N2O. The minimum atomic E-state index is -0.579. The Morgan fingerprint density at radius 2 is 2.17 bits per heavy atom.